The minimum Gasteiger partial charge on any atom is -0.455 e. The Bertz CT molecular complexity index is 954. The van der Waals surface area contributed by atoms with E-state index in [0.29, 0.717) is 12.2 Å². The highest BCUT2D eigenvalue weighted by Crippen LogP contribution is 2.22. The molecule has 0 aliphatic rings. The summed E-state index contributed by atoms with van der Waals surface area (Å²) in [6.45, 7) is 9.92. The van der Waals surface area contributed by atoms with E-state index in [-0.39, 0.29) is 23.0 Å². The number of furan rings is 1. The molecule has 29 heavy (non-hydrogen) atoms. The van der Waals surface area contributed by atoms with Gasteiger partial charge >= 0.3 is 0 Å². The second-order valence-electron chi connectivity index (χ2n) is 8.24. The predicted molar refractivity (Wildman–Crippen MR) is 113 cm³/mol. The van der Waals surface area contributed by atoms with Crippen LogP contribution in [-0.2, 0) is 13.1 Å². The zero-order valence-electron chi connectivity index (χ0n) is 17.3. The molecule has 2 aromatic carbocycles. The first-order valence-corrected chi connectivity index (χ1v) is 9.67. The van der Waals surface area contributed by atoms with Crippen LogP contribution >= 0.6 is 0 Å². The first-order valence-electron chi connectivity index (χ1n) is 9.67. The molecule has 1 aromatic heterocycles. The van der Waals surface area contributed by atoms with Gasteiger partial charge in [-0.15, -0.1) is 0 Å². The number of carbonyl (C=O) groups is 1. The number of anilines is 1. The van der Waals surface area contributed by atoms with Gasteiger partial charge in [0.05, 0.1) is 6.54 Å². The van der Waals surface area contributed by atoms with E-state index in [1.54, 1.807) is 6.07 Å². The summed E-state index contributed by atoms with van der Waals surface area (Å²) in [6.07, 6.45) is 0. The van der Waals surface area contributed by atoms with Gasteiger partial charge in [0.15, 0.2) is 5.76 Å². The standard InChI is InChI=1S/C24H27FN2O2/c1-17-5-7-18(8-6-17)15-27(24(2,3)4)16-21-13-14-22(29-21)23(28)26-20-11-9-19(25)10-12-20/h5-14H,15-16H2,1-4H3,(H,26,28). The third-order valence-electron chi connectivity index (χ3n) is 4.78. The highest BCUT2D eigenvalue weighted by molar-refractivity contribution is 6.02. The second-order valence-corrected chi connectivity index (χ2v) is 8.24. The molecule has 0 bridgehead atoms. The number of carbonyl (C=O) groups excluding carboxylic acids is 1. The van der Waals surface area contributed by atoms with E-state index in [0.717, 1.165) is 12.3 Å². The smallest absolute Gasteiger partial charge is 0.291 e. The summed E-state index contributed by atoms with van der Waals surface area (Å²) in [4.78, 5) is 14.7. The molecule has 1 N–H and O–H groups in total. The van der Waals surface area contributed by atoms with Gasteiger partial charge in [0.2, 0.25) is 0 Å². The first kappa shape index (κ1) is 20.8. The maximum Gasteiger partial charge on any atom is 0.291 e. The fraction of sp³-hybridized carbons (Fsp3) is 0.292. The van der Waals surface area contributed by atoms with Crippen LogP contribution < -0.4 is 5.32 Å². The maximum absolute atomic E-state index is 13.0. The quantitative estimate of drug-likeness (QED) is 0.576. The summed E-state index contributed by atoms with van der Waals surface area (Å²) in [5.41, 5.74) is 2.91. The molecule has 0 aliphatic carbocycles. The lowest BCUT2D eigenvalue weighted by molar-refractivity contribution is 0.0969. The third-order valence-corrected chi connectivity index (χ3v) is 4.78. The summed E-state index contributed by atoms with van der Waals surface area (Å²) in [7, 11) is 0. The molecule has 0 fully saturated rings. The fourth-order valence-corrected chi connectivity index (χ4v) is 2.94. The molecule has 1 amide bonds. The Balaban J connectivity index is 1.69. The van der Waals surface area contributed by atoms with E-state index in [2.05, 4.69) is 62.2 Å². The first-order chi connectivity index (χ1) is 13.7. The molecule has 1 heterocycles. The van der Waals surface area contributed by atoms with Crippen molar-refractivity contribution in [2.45, 2.75) is 46.3 Å². The van der Waals surface area contributed by atoms with Crippen molar-refractivity contribution >= 4 is 11.6 Å². The minimum atomic E-state index is -0.358. The van der Waals surface area contributed by atoms with E-state index in [9.17, 15) is 9.18 Å². The van der Waals surface area contributed by atoms with Gasteiger partial charge in [-0.1, -0.05) is 29.8 Å². The Morgan fingerprint density at radius 2 is 1.62 bits per heavy atom. The van der Waals surface area contributed by atoms with Crippen LogP contribution in [-0.4, -0.2) is 16.3 Å². The van der Waals surface area contributed by atoms with Crippen LogP contribution in [0.3, 0.4) is 0 Å². The molecule has 0 radical (unpaired) electrons. The Hall–Kier alpha value is -2.92. The highest BCUT2D eigenvalue weighted by Gasteiger charge is 2.23. The van der Waals surface area contributed by atoms with Crippen LogP contribution in [0.1, 0.15) is 48.2 Å². The van der Waals surface area contributed by atoms with E-state index < -0.39 is 0 Å². The van der Waals surface area contributed by atoms with Gasteiger partial charge in [-0.2, -0.15) is 0 Å². The van der Waals surface area contributed by atoms with Gasteiger partial charge < -0.3 is 9.73 Å². The predicted octanol–water partition coefficient (Wildman–Crippen LogP) is 5.78. The molecule has 0 aliphatic heterocycles. The Labute approximate surface area is 171 Å². The summed E-state index contributed by atoms with van der Waals surface area (Å²) < 4.78 is 18.8. The number of benzene rings is 2. The monoisotopic (exact) mass is 394 g/mol. The number of amides is 1. The summed E-state index contributed by atoms with van der Waals surface area (Å²) in [5, 5.41) is 2.71. The molecule has 4 nitrogen and oxygen atoms in total. The molecule has 3 rings (SSSR count). The molecule has 0 saturated heterocycles. The molecular weight excluding hydrogens is 367 g/mol. The molecule has 152 valence electrons. The van der Waals surface area contributed by atoms with Crippen molar-refractivity contribution in [3.05, 3.63) is 89.1 Å². The number of nitrogens with one attached hydrogen (secondary N) is 1. The molecule has 0 saturated carbocycles. The number of hydrogen-bond acceptors (Lipinski definition) is 3. The zero-order valence-corrected chi connectivity index (χ0v) is 17.3. The van der Waals surface area contributed by atoms with E-state index in [1.807, 2.05) is 6.07 Å². The summed E-state index contributed by atoms with van der Waals surface area (Å²) in [6, 6.07) is 17.6. The third kappa shape index (κ3) is 5.78. The molecule has 3 aromatic rings. The van der Waals surface area contributed by atoms with Crippen molar-refractivity contribution in [3.63, 3.8) is 0 Å². The Morgan fingerprint density at radius 1 is 0.966 bits per heavy atom. The zero-order chi connectivity index (χ0) is 21.0. The van der Waals surface area contributed by atoms with Crippen LogP contribution in [0.25, 0.3) is 0 Å². The molecular formula is C24H27FN2O2. The Kier molecular flexibility index (Phi) is 6.18. The highest BCUT2D eigenvalue weighted by atomic mass is 19.1. The summed E-state index contributed by atoms with van der Waals surface area (Å²) >= 11 is 0. The number of hydrogen-bond donors (Lipinski definition) is 1. The van der Waals surface area contributed by atoms with Crippen molar-refractivity contribution in [3.8, 4) is 0 Å². The van der Waals surface area contributed by atoms with Gasteiger partial charge in [0.25, 0.3) is 5.91 Å². The van der Waals surface area contributed by atoms with Gasteiger partial charge in [0.1, 0.15) is 11.6 Å². The molecule has 5 heteroatoms. The second kappa shape index (κ2) is 8.62. The van der Waals surface area contributed by atoms with Crippen LogP contribution in [0.15, 0.2) is 65.1 Å². The SMILES string of the molecule is Cc1ccc(CN(Cc2ccc(C(=O)Nc3ccc(F)cc3)o2)C(C)(C)C)cc1. The van der Waals surface area contributed by atoms with Gasteiger partial charge in [0, 0.05) is 17.8 Å². The van der Waals surface area contributed by atoms with Crippen molar-refractivity contribution in [2.24, 2.45) is 0 Å². The lowest BCUT2D eigenvalue weighted by Crippen LogP contribution is -2.40. The van der Waals surface area contributed by atoms with Crippen molar-refractivity contribution in [2.75, 3.05) is 5.32 Å². The van der Waals surface area contributed by atoms with Crippen LogP contribution in [0.5, 0.6) is 0 Å². The normalized spacial score (nSPS) is 11.7. The lowest BCUT2D eigenvalue weighted by atomic mass is 10.0. The van der Waals surface area contributed by atoms with Gasteiger partial charge in [-0.05, 0) is 69.7 Å². The van der Waals surface area contributed by atoms with Crippen molar-refractivity contribution < 1.29 is 13.6 Å². The van der Waals surface area contributed by atoms with Gasteiger partial charge in [-0.3, -0.25) is 9.69 Å². The van der Waals surface area contributed by atoms with Crippen molar-refractivity contribution in [1.82, 2.24) is 4.90 Å². The van der Waals surface area contributed by atoms with Crippen LogP contribution in [0, 0.1) is 12.7 Å². The largest absolute Gasteiger partial charge is 0.455 e. The molecule has 0 spiro atoms. The van der Waals surface area contributed by atoms with Crippen molar-refractivity contribution in [1.29, 1.82) is 0 Å². The topological polar surface area (TPSA) is 45.5 Å². The van der Waals surface area contributed by atoms with Crippen LogP contribution in [0.4, 0.5) is 10.1 Å². The van der Waals surface area contributed by atoms with E-state index >= 15 is 0 Å². The maximum atomic E-state index is 13.0. The number of aryl methyl sites for hydroxylation is 1. The number of halogens is 1. The van der Waals surface area contributed by atoms with E-state index in [4.69, 9.17) is 4.42 Å². The lowest BCUT2D eigenvalue weighted by Gasteiger charge is -2.35. The molecule has 0 unspecified atom stereocenters. The number of rotatable bonds is 6. The average Bonchev–Trinajstić information content (AvgIpc) is 3.13. The van der Waals surface area contributed by atoms with Crippen LogP contribution in [0.2, 0.25) is 0 Å². The van der Waals surface area contributed by atoms with E-state index in [1.165, 1.54) is 35.4 Å². The molecule has 0 atom stereocenters. The fourth-order valence-electron chi connectivity index (χ4n) is 2.94. The summed E-state index contributed by atoms with van der Waals surface area (Å²) in [5.74, 6) is 0.243. The number of nitrogens with zero attached hydrogens (tertiary/aromatic N) is 1. The average molecular weight is 394 g/mol. The minimum absolute atomic E-state index is 0.0752. The van der Waals surface area contributed by atoms with Gasteiger partial charge in [-0.25, -0.2) is 4.39 Å². The Morgan fingerprint density at radius 3 is 2.24 bits per heavy atom.